The topological polar surface area (TPSA) is 54.5 Å². The Hall–Kier alpha value is -0.580. The Morgan fingerprint density at radius 1 is 1.39 bits per heavy atom. The molecule has 18 heavy (non-hydrogen) atoms. The Kier molecular flexibility index (Phi) is 2.28. The molecule has 2 unspecified atom stereocenters. The Bertz CT molecular complexity index is 510. The standard InChI is InChI=1S/C13H21NO3S/c1-4-11(15)14-10-7-9-5-6-13(10,12(9,2)3)8-18(14,16)17/h9-10H,4-8H2,1-3H3/t9?,10-,13?/m0/s1. The lowest BCUT2D eigenvalue weighted by atomic mass is 9.69. The maximum atomic E-state index is 12.4. The lowest BCUT2D eigenvalue weighted by molar-refractivity contribution is -0.128. The summed E-state index contributed by atoms with van der Waals surface area (Å²) in [4.78, 5) is 12.0. The SMILES string of the molecule is CCC(=O)N1[C@H]2CC3CCC2(CS1(=O)=O)C3(C)C. The Labute approximate surface area is 109 Å². The van der Waals surface area contributed by atoms with Crippen molar-refractivity contribution < 1.29 is 13.2 Å². The smallest absolute Gasteiger partial charge is 0.238 e. The van der Waals surface area contributed by atoms with Crippen molar-refractivity contribution in [2.75, 3.05) is 5.75 Å². The van der Waals surface area contributed by atoms with Crippen molar-refractivity contribution in [2.24, 2.45) is 16.7 Å². The molecule has 0 aromatic carbocycles. The van der Waals surface area contributed by atoms with Crippen LogP contribution in [0.25, 0.3) is 0 Å². The summed E-state index contributed by atoms with van der Waals surface area (Å²) in [5, 5.41) is 0. The minimum atomic E-state index is -3.39. The summed E-state index contributed by atoms with van der Waals surface area (Å²) < 4.78 is 25.9. The number of fused-ring (bicyclic) bond motifs is 1. The van der Waals surface area contributed by atoms with Crippen LogP contribution in [0.15, 0.2) is 0 Å². The fraction of sp³-hybridized carbons (Fsp3) is 0.923. The molecule has 3 fully saturated rings. The third-order valence-electron chi connectivity index (χ3n) is 5.96. The third-order valence-corrected chi connectivity index (χ3v) is 7.90. The molecule has 1 saturated heterocycles. The Morgan fingerprint density at radius 2 is 2.06 bits per heavy atom. The van der Waals surface area contributed by atoms with Gasteiger partial charge in [-0.15, -0.1) is 0 Å². The Balaban J connectivity index is 2.11. The highest BCUT2D eigenvalue weighted by Gasteiger charge is 2.72. The highest BCUT2D eigenvalue weighted by atomic mass is 32.2. The van der Waals surface area contributed by atoms with E-state index in [1.807, 2.05) is 0 Å². The van der Waals surface area contributed by atoms with Crippen molar-refractivity contribution in [1.29, 1.82) is 0 Å². The summed E-state index contributed by atoms with van der Waals surface area (Å²) in [5.41, 5.74) is -0.130. The van der Waals surface area contributed by atoms with Crippen molar-refractivity contribution in [3.63, 3.8) is 0 Å². The number of nitrogens with zero attached hydrogens (tertiary/aromatic N) is 1. The van der Waals surface area contributed by atoms with Crippen LogP contribution in [0.1, 0.15) is 46.5 Å². The first-order valence-corrected chi connectivity index (χ1v) is 8.42. The molecule has 102 valence electrons. The molecule has 1 aliphatic heterocycles. The van der Waals surface area contributed by atoms with Gasteiger partial charge in [0.1, 0.15) is 0 Å². The molecule has 4 nitrogen and oxygen atoms in total. The zero-order valence-corrected chi connectivity index (χ0v) is 12.1. The monoisotopic (exact) mass is 271 g/mol. The first-order valence-electron chi connectivity index (χ1n) is 6.81. The minimum absolute atomic E-state index is 0.0491. The number of carbonyl (C=O) groups excluding carboxylic acids is 1. The van der Waals surface area contributed by atoms with E-state index in [1.165, 1.54) is 4.31 Å². The average molecular weight is 271 g/mol. The van der Waals surface area contributed by atoms with Gasteiger partial charge in [-0.2, -0.15) is 0 Å². The summed E-state index contributed by atoms with van der Waals surface area (Å²) in [6.45, 7) is 6.13. The summed E-state index contributed by atoms with van der Waals surface area (Å²) in [6, 6.07) is -0.0660. The second kappa shape index (κ2) is 3.30. The number of hydrogen-bond acceptors (Lipinski definition) is 3. The first-order chi connectivity index (χ1) is 8.26. The minimum Gasteiger partial charge on any atom is -0.274 e. The Morgan fingerprint density at radius 3 is 2.61 bits per heavy atom. The van der Waals surface area contributed by atoms with Gasteiger partial charge < -0.3 is 0 Å². The highest BCUT2D eigenvalue weighted by Crippen LogP contribution is 2.69. The van der Waals surface area contributed by atoms with E-state index in [4.69, 9.17) is 0 Å². The number of carbonyl (C=O) groups is 1. The highest BCUT2D eigenvalue weighted by molar-refractivity contribution is 7.90. The van der Waals surface area contributed by atoms with Gasteiger partial charge in [-0.25, -0.2) is 12.7 Å². The quantitative estimate of drug-likeness (QED) is 0.730. The molecule has 2 bridgehead atoms. The zero-order chi connectivity index (χ0) is 13.3. The zero-order valence-electron chi connectivity index (χ0n) is 11.3. The van der Waals surface area contributed by atoms with Crippen LogP contribution in [0.2, 0.25) is 0 Å². The third kappa shape index (κ3) is 1.17. The van der Waals surface area contributed by atoms with Crippen LogP contribution in [0.5, 0.6) is 0 Å². The van der Waals surface area contributed by atoms with Gasteiger partial charge in [0.05, 0.1) is 11.8 Å². The van der Waals surface area contributed by atoms with E-state index in [0.717, 1.165) is 19.3 Å². The van der Waals surface area contributed by atoms with Gasteiger partial charge in [-0.05, 0) is 30.6 Å². The largest absolute Gasteiger partial charge is 0.274 e. The molecule has 5 heteroatoms. The van der Waals surface area contributed by atoms with Crippen molar-refractivity contribution in [3.05, 3.63) is 0 Å². The molecule has 1 amide bonds. The van der Waals surface area contributed by atoms with E-state index in [1.54, 1.807) is 6.92 Å². The maximum Gasteiger partial charge on any atom is 0.238 e. The van der Waals surface area contributed by atoms with Gasteiger partial charge in [0.25, 0.3) is 0 Å². The van der Waals surface area contributed by atoms with Crippen LogP contribution in [-0.4, -0.2) is 30.4 Å². The van der Waals surface area contributed by atoms with Gasteiger partial charge in [0.2, 0.25) is 15.9 Å². The lowest BCUT2D eigenvalue weighted by Crippen LogP contribution is -2.43. The average Bonchev–Trinajstić information content (AvgIpc) is 2.74. The number of sulfonamides is 1. The molecule has 2 aliphatic carbocycles. The van der Waals surface area contributed by atoms with Crippen molar-refractivity contribution in [1.82, 2.24) is 4.31 Å². The predicted molar refractivity (Wildman–Crippen MR) is 68.3 cm³/mol. The van der Waals surface area contributed by atoms with Crippen LogP contribution < -0.4 is 0 Å². The van der Waals surface area contributed by atoms with E-state index >= 15 is 0 Å². The van der Waals surface area contributed by atoms with Crippen LogP contribution in [0.3, 0.4) is 0 Å². The normalized spacial score (nSPS) is 43.2. The van der Waals surface area contributed by atoms with Crippen molar-refractivity contribution >= 4 is 15.9 Å². The molecular weight excluding hydrogens is 250 g/mol. The fourth-order valence-electron chi connectivity index (χ4n) is 4.77. The molecule has 0 radical (unpaired) electrons. The van der Waals surface area contributed by atoms with Gasteiger partial charge in [0.15, 0.2) is 0 Å². The molecule has 0 aromatic heterocycles. The van der Waals surface area contributed by atoms with Crippen LogP contribution >= 0.6 is 0 Å². The fourth-order valence-corrected chi connectivity index (χ4v) is 7.39. The first kappa shape index (κ1) is 12.5. The predicted octanol–water partition coefficient (Wildman–Crippen LogP) is 1.76. The number of amides is 1. The number of rotatable bonds is 1. The second-order valence-corrected chi connectivity index (χ2v) is 8.51. The van der Waals surface area contributed by atoms with E-state index in [0.29, 0.717) is 5.92 Å². The molecular formula is C13H21NO3S. The molecule has 3 atom stereocenters. The summed E-state index contributed by atoms with van der Waals surface area (Å²) in [7, 11) is -3.39. The molecule has 0 N–H and O–H groups in total. The van der Waals surface area contributed by atoms with Gasteiger partial charge >= 0.3 is 0 Å². The number of hydrogen-bond donors (Lipinski definition) is 0. The molecule has 1 spiro atoms. The molecule has 1 heterocycles. The second-order valence-electron chi connectivity index (χ2n) is 6.66. The van der Waals surface area contributed by atoms with Gasteiger partial charge in [0, 0.05) is 11.8 Å². The summed E-state index contributed by atoms with van der Waals surface area (Å²) in [5.74, 6) is 0.533. The molecule has 2 saturated carbocycles. The summed E-state index contributed by atoms with van der Waals surface area (Å²) in [6.07, 6.45) is 3.23. The van der Waals surface area contributed by atoms with Crippen LogP contribution in [0.4, 0.5) is 0 Å². The van der Waals surface area contributed by atoms with Gasteiger partial charge in [-0.3, -0.25) is 4.79 Å². The molecule has 3 rings (SSSR count). The van der Waals surface area contributed by atoms with Crippen LogP contribution in [0, 0.1) is 16.7 Å². The van der Waals surface area contributed by atoms with E-state index in [2.05, 4.69) is 13.8 Å². The summed E-state index contributed by atoms with van der Waals surface area (Å²) >= 11 is 0. The van der Waals surface area contributed by atoms with Crippen molar-refractivity contribution in [2.45, 2.75) is 52.5 Å². The van der Waals surface area contributed by atoms with Crippen molar-refractivity contribution in [3.8, 4) is 0 Å². The van der Waals surface area contributed by atoms with Crippen LogP contribution in [-0.2, 0) is 14.8 Å². The van der Waals surface area contributed by atoms with E-state index < -0.39 is 10.0 Å². The van der Waals surface area contributed by atoms with E-state index in [9.17, 15) is 13.2 Å². The lowest BCUT2D eigenvalue weighted by Gasteiger charge is -2.37. The maximum absolute atomic E-state index is 12.4. The molecule has 0 aromatic rings. The van der Waals surface area contributed by atoms with Gasteiger partial charge in [-0.1, -0.05) is 20.8 Å². The van der Waals surface area contributed by atoms with E-state index in [-0.39, 0.29) is 35.0 Å². The molecule has 3 aliphatic rings.